The molecule has 3 rings (SSSR count). The second-order valence-electron chi connectivity index (χ2n) is 8.49. The number of nitrogens with one attached hydrogen (secondary N) is 1. The Labute approximate surface area is 199 Å². The van der Waals surface area contributed by atoms with Crippen molar-refractivity contribution in [3.8, 4) is 11.5 Å². The summed E-state index contributed by atoms with van der Waals surface area (Å²) in [6.07, 6.45) is 4.10. The molecule has 2 aromatic carbocycles. The summed E-state index contributed by atoms with van der Waals surface area (Å²) in [4.78, 5) is 38.2. The summed E-state index contributed by atoms with van der Waals surface area (Å²) in [5.41, 5.74) is 1.76. The molecule has 0 unspecified atom stereocenters. The first-order chi connectivity index (χ1) is 16.3. The van der Waals surface area contributed by atoms with Crippen LogP contribution in [0.3, 0.4) is 0 Å². The molecular formula is C25H31N3O6. The molecular weight excluding hydrogens is 438 g/mol. The number of carbonyl (C=O) groups excluding carboxylic acids is 2. The van der Waals surface area contributed by atoms with Gasteiger partial charge in [0.25, 0.3) is 5.91 Å². The number of methoxy groups -OCH3 is 1. The Balaban J connectivity index is 1.75. The predicted octanol–water partition coefficient (Wildman–Crippen LogP) is 3.77. The van der Waals surface area contributed by atoms with Gasteiger partial charge in [0.1, 0.15) is 11.8 Å². The third-order valence-corrected chi connectivity index (χ3v) is 6.18. The van der Waals surface area contributed by atoms with Crippen LogP contribution in [0.15, 0.2) is 42.5 Å². The molecule has 9 heteroatoms. The molecule has 9 nitrogen and oxygen atoms in total. The highest BCUT2D eigenvalue weighted by Crippen LogP contribution is 2.30. The molecule has 0 heterocycles. The molecule has 1 aliphatic carbocycles. The van der Waals surface area contributed by atoms with Gasteiger partial charge in [0, 0.05) is 24.7 Å². The smallest absolute Gasteiger partial charge is 0.311 e. The van der Waals surface area contributed by atoms with E-state index in [4.69, 9.17) is 9.47 Å². The Morgan fingerprint density at radius 1 is 1.21 bits per heavy atom. The minimum absolute atomic E-state index is 0.0380. The summed E-state index contributed by atoms with van der Waals surface area (Å²) in [7, 11) is 1.33. The average molecular weight is 470 g/mol. The maximum absolute atomic E-state index is 13.2. The first-order valence-corrected chi connectivity index (χ1v) is 11.4. The minimum Gasteiger partial charge on any atom is -0.490 e. The molecule has 0 saturated heterocycles. The molecule has 1 fully saturated rings. The van der Waals surface area contributed by atoms with Gasteiger partial charge >= 0.3 is 5.69 Å². The lowest BCUT2D eigenvalue weighted by Crippen LogP contribution is -2.50. The van der Waals surface area contributed by atoms with E-state index in [1.165, 1.54) is 30.2 Å². The van der Waals surface area contributed by atoms with Crippen LogP contribution >= 0.6 is 0 Å². The summed E-state index contributed by atoms with van der Waals surface area (Å²) in [6.45, 7) is 3.61. The van der Waals surface area contributed by atoms with E-state index in [1.54, 1.807) is 6.92 Å². The lowest BCUT2D eigenvalue weighted by atomic mass is 10.1. The molecule has 1 N–H and O–H groups in total. The van der Waals surface area contributed by atoms with Gasteiger partial charge in [-0.15, -0.1) is 0 Å². The van der Waals surface area contributed by atoms with Gasteiger partial charge in [-0.2, -0.15) is 0 Å². The van der Waals surface area contributed by atoms with Crippen LogP contribution in [0, 0.1) is 17.0 Å². The predicted molar refractivity (Wildman–Crippen MR) is 127 cm³/mol. The van der Waals surface area contributed by atoms with Crippen LogP contribution in [0.5, 0.6) is 11.5 Å². The molecule has 0 radical (unpaired) electrons. The Hall–Kier alpha value is -3.62. The van der Waals surface area contributed by atoms with Gasteiger partial charge in [-0.3, -0.25) is 19.7 Å². The van der Waals surface area contributed by atoms with E-state index in [9.17, 15) is 19.7 Å². The molecule has 1 aliphatic rings. The van der Waals surface area contributed by atoms with Crippen molar-refractivity contribution < 1.29 is 24.0 Å². The second-order valence-corrected chi connectivity index (χ2v) is 8.49. The van der Waals surface area contributed by atoms with E-state index in [-0.39, 0.29) is 48.2 Å². The molecule has 0 aromatic heterocycles. The zero-order chi connectivity index (χ0) is 24.7. The number of hydrogen-bond donors (Lipinski definition) is 1. The summed E-state index contributed by atoms with van der Waals surface area (Å²) < 4.78 is 10.7. The summed E-state index contributed by atoms with van der Waals surface area (Å²) in [6, 6.07) is 11.2. The van der Waals surface area contributed by atoms with E-state index in [0.29, 0.717) is 0 Å². The van der Waals surface area contributed by atoms with Gasteiger partial charge in [0.2, 0.25) is 11.7 Å². The van der Waals surface area contributed by atoms with Crippen LogP contribution in [-0.2, 0) is 16.1 Å². The molecule has 0 spiro atoms. The number of ether oxygens (including phenoxy) is 2. The molecule has 1 atom stereocenters. The molecule has 2 amide bonds. The number of amides is 2. The average Bonchev–Trinajstić information content (AvgIpc) is 3.34. The molecule has 1 saturated carbocycles. The Morgan fingerprint density at radius 3 is 2.56 bits per heavy atom. The zero-order valence-electron chi connectivity index (χ0n) is 19.8. The number of benzene rings is 2. The normalized spacial score (nSPS) is 14.3. The van der Waals surface area contributed by atoms with Crippen LogP contribution < -0.4 is 14.8 Å². The number of carbonyl (C=O) groups is 2. The van der Waals surface area contributed by atoms with E-state index >= 15 is 0 Å². The Bertz CT molecular complexity index is 1040. The van der Waals surface area contributed by atoms with Gasteiger partial charge in [-0.25, -0.2) is 0 Å². The van der Waals surface area contributed by atoms with Gasteiger partial charge < -0.3 is 19.7 Å². The number of nitro groups is 1. The summed E-state index contributed by atoms with van der Waals surface area (Å²) in [5.74, 6) is -0.258. The Kier molecular flexibility index (Phi) is 8.45. The third kappa shape index (κ3) is 6.24. The van der Waals surface area contributed by atoms with Crippen molar-refractivity contribution in [2.75, 3.05) is 13.7 Å². The first kappa shape index (κ1) is 25.0. The van der Waals surface area contributed by atoms with Gasteiger partial charge in [-0.1, -0.05) is 37.1 Å². The van der Waals surface area contributed by atoms with E-state index in [1.807, 2.05) is 31.2 Å². The fourth-order valence-electron chi connectivity index (χ4n) is 4.07. The lowest BCUT2D eigenvalue weighted by molar-refractivity contribution is -0.385. The molecule has 0 bridgehead atoms. The number of aryl methyl sites for hydroxylation is 1. The van der Waals surface area contributed by atoms with Crippen LogP contribution in [0.2, 0.25) is 0 Å². The standard InChI is InChI=1S/C25H31N3O6/c1-17-8-4-5-9-19(17)15-27(18(2)25(30)26-20-10-6-7-11-20)24(29)16-34-21-12-13-22(28(31)32)23(14-21)33-3/h4-5,8-9,12-14,18,20H,6-7,10-11,15-16H2,1-3H3,(H,26,30)/t18-/m1/s1. The van der Waals surface area contributed by atoms with Crippen LogP contribution in [-0.4, -0.2) is 47.4 Å². The molecule has 182 valence electrons. The molecule has 2 aromatic rings. The minimum atomic E-state index is -0.692. The van der Waals surface area contributed by atoms with Crippen molar-refractivity contribution in [1.82, 2.24) is 10.2 Å². The number of hydrogen-bond acceptors (Lipinski definition) is 6. The van der Waals surface area contributed by atoms with Crippen molar-refractivity contribution in [3.63, 3.8) is 0 Å². The molecule has 0 aliphatic heterocycles. The van der Waals surface area contributed by atoms with Crippen LogP contribution in [0.1, 0.15) is 43.7 Å². The molecule has 34 heavy (non-hydrogen) atoms. The number of rotatable bonds is 10. The maximum Gasteiger partial charge on any atom is 0.311 e. The number of nitro benzene ring substituents is 1. The van der Waals surface area contributed by atoms with Crippen molar-refractivity contribution in [1.29, 1.82) is 0 Å². The van der Waals surface area contributed by atoms with Crippen molar-refractivity contribution in [2.24, 2.45) is 0 Å². The highest BCUT2D eigenvalue weighted by atomic mass is 16.6. The van der Waals surface area contributed by atoms with Crippen LogP contribution in [0.4, 0.5) is 5.69 Å². The fourth-order valence-corrected chi connectivity index (χ4v) is 4.07. The maximum atomic E-state index is 13.2. The summed E-state index contributed by atoms with van der Waals surface area (Å²) in [5, 5.41) is 14.2. The first-order valence-electron chi connectivity index (χ1n) is 11.4. The number of nitrogens with zero attached hydrogens (tertiary/aromatic N) is 2. The quantitative estimate of drug-likeness (QED) is 0.419. The van der Waals surface area contributed by atoms with Crippen molar-refractivity contribution in [3.05, 3.63) is 63.7 Å². The van der Waals surface area contributed by atoms with Crippen molar-refractivity contribution in [2.45, 2.75) is 58.2 Å². The fraction of sp³-hybridized carbons (Fsp3) is 0.440. The zero-order valence-corrected chi connectivity index (χ0v) is 19.8. The summed E-state index contributed by atoms with van der Waals surface area (Å²) >= 11 is 0. The van der Waals surface area contributed by atoms with Gasteiger partial charge in [0.15, 0.2) is 6.61 Å². The third-order valence-electron chi connectivity index (χ3n) is 6.18. The SMILES string of the molecule is COc1cc(OCC(=O)N(Cc2ccccc2C)[C@H](C)C(=O)NC2CCCC2)ccc1[N+](=O)[O-]. The van der Waals surface area contributed by atoms with Gasteiger partial charge in [-0.05, 0) is 43.9 Å². The van der Waals surface area contributed by atoms with Crippen LogP contribution in [0.25, 0.3) is 0 Å². The van der Waals surface area contributed by atoms with Gasteiger partial charge in [0.05, 0.1) is 12.0 Å². The highest BCUT2D eigenvalue weighted by molar-refractivity contribution is 5.88. The largest absolute Gasteiger partial charge is 0.490 e. The topological polar surface area (TPSA) is 111 Å². The van der Waals surface area contributed by atoms with E-state index < -0.39 is 11.0 Å². The van der Waals surface area contributed by atoms with E-state index in [2.05, 4.69) is 5.32 Å². The monoisotopic (exact) mass is 469 g/mol. The highest BCUT2D eigenvalue weighted by Gasteiger charge is 2.29. The van der Waals surface area contributed by atoms with E-state index in [0.717, 1.165) is 36.8 Å². The van der Waals surface area contributed by atoms with Crippen molar-refractivity contribution >= 4 is 17.5 Å². The lowest BCUT2D eigenvalue weighted by Gasteiger charge is -2.30. The Morgan fingerprint density at radius 2 is 1.91 bits per heavy atom. The second kappa shape index (κ2) is 11.5.